The summed E-state index contributed by atoms with van der Waals surface area (Å²) in [7, 11) is 0. The molecule has 0 saturated heterocycles. The van der Waals surface area contributed by atoms with Crippen LogP contribution in [0.25, 0.3) is 0 Å². The van der Waals surface area contributed by atoms with Crippen LogP contribution >= 0.6 is 23.2 Å². The Balaban J connectivity index is 1.86. The number of benzene rings is 3. The lowest BCUT2D eigenvalue weighted by molar-refractivity contribution is 0.269. The van der Waals surface area contributed by atoms with Crippen LogP contribution in [0, 0.1) is 5.82 Å². The van der Waals surface area contributed by atoms with E-state index < -0.39 is 0 Å². The lowest BCUT2D eigenvalue weighted by Crippen LogP contribution is -2.02. The standard InChI is InChI=1S/C22H18Cl2FNO2/c1-2-27-21-5-3-4-16(13-26-18-10-11-19(23)20(24)12-18)22(21)28-14-15-6-8-17(25)9-7-15/h3-13H,2,14H2,1H3. The van der Waals surface area contributed by atoms with Crippen LogP contribution in [0.5, 0.6) is 11.5 Å². The third-order valence-corrected chi connectivity index (χ3v) is 4.60. The van der Waals surface area contributed by atoms with Crippen LogP contribution in [-0.2, 0) is 6.61 Å². The van der Waals surface area contributed by atoms with E-state index in [0.29, 0.717) is 33.8 Å². The lowest BCUT2D eigenvalue weighted by Gasteiger charge is -2.14. The average molecular weight is 418 g/mol. The van der Waals surface area contributed by atoms with Crippen molar-refractivity contribution in [1.82, 2.24) is 0 Å². The van der Waals surface area contributed by atoms with Crippen LogP contribution in [0.4, 0.5) is 10.1 Å². The topological polar surface area (TPSA) is 30.8 Å². The molecule has 0 N–H and O–H groups in total. The van der Waals surface area contributed by atoms with Gasteiger partial charge in [0.2, 0.25) is 0 Å². The summed E-state index contributed by atoms with van der Waals surface area (Å²) in [5, 5.41) is 0.912. The van der Waals surface area contributed by atoms with Gasteiger partial charge in [-0.3, -0.25) is 4.99 Å². The molecule has 0 spiro atoms. The summed E-state index contributed by atoms with van der Waals surface area (Å²) in [5.41, 5.74) is 2.26. The van der Waals surface area contributed by atoms with Crippen LogP contribution in [0.1, 0.15) is 18.1 Å². The number of hydrogen-bond acceptors (Lipinski definition) is 3. The summed E-state index contributed by atoms with van der Waals surface area (Å²) >= 11 is 12.0. The highest BCUT2D eigenvalue weighted by Gasteiger charge is 2.10. The van der Waals surface area contributed by atoms with Gasteiger partial charge in [-0.2, -0.15) is 0 Å². The van der Waals surface area contributed by atoms with E-state index in [1.54, 1.807) is 36.5 Å². The third kappa shape index (κ3) is 5.24. The lowest BCUT2D eigenvalue weighted by atomic mass is 10.2. The van der Waals surface area contributed by atoms with Crippen molar-refractivity contribution < 1.29 is 13.9 Å². The molecule has 0 aliphatic carbocycles. The first-order chi connectivity index (χ1) is 13.6. The zero-order valence-corrected chi connectivity index (χ0v) is 16.7. The minimum Gasteiger partial charge on any atom is -0.490 e. The number of aliphatic imine (C=N–C) groups is 1. The second-order valence-corrected chi connectivity index (χ2v) is 6.69. The van der Waals surface area contributed by atoms with Gasteiger partial charge in [-0.05, 0) is 55.0 Å². The number of para-hydroxylation sites is 1. The molecule has 3 nitrogen and oxygen atoms in total. The summed E-state index contributed by atoms with van der Waals surface area (Å²) in [6.07, 6.45) is 1.68. The molecular formula is C22H18Cl2FNO2. The summed E-state index contributed by atoms with van der Waals surface area (Å²) in [5.74, 6) is 0.896. The molecule has 0 aliphatic rings. The largest absolute Gasteiger partial charge is 0.490 e. The maximum atomic E-state index is 13.1. The molecule has 6 heteroatoms. The Labute approximate surface area is 173 Å². The van der Waals surface area contributed by atoms with Gasteiger partial charge in [-0.15, -0.1) is 0 Å². The van der Waals surface area contributed by atoms with E-state index in [1.807, 2.05) is 25.1 Å². The van der Waals surface area contributed by atoms with E-state index in [1.165, 1.54) is 12.1 Å². The molecule has 0 saturated carbocycles. The van der Waals surface area contributed by atoms with E-state index >= 15 is 0 Å². The summed E-state index contributed by atoms with van der Waals surface area (Å²) < 4.78 is 24.8. The Morgan fingerprint density at radius 1 is 0.964 bits per heavy atom. The predicted octanol–water partition coefficient (Wildman–Crippen LogP) is 6.86. The van der Waals surface area contributed by atoms with Crippen molar-refractivity contribution in [2.75, 3.05) is 6.61 Å². The highest BCUT2D eigenvalue weighted by Crippen LogP contribution is 2.32. The van der Waals surface area contributed by atoms with Crippen LogP contribution < -0.4 is 9.47 Å². The van der Waals surface area contributed by atoms with Crippen LogP contribution in [-0.4, -0.2) is 12.8 Å². The molecule has 0 unspecified atom stereocenters. The van der Waals surface area contributed by atoms with E-state index in [0.717, 1.165) is 11.1 Å². The molecule has 3 aromatic rings. The molecule has 0 fully saturated rings. The van der Waals surface area contributed by atoms with Crippen molar-refractivity contribution >= 4 is 35.1 Å². The van der Waals surface area contributed by atoms with Crippen molar-refractivity contribution in [3.05, 3.63) is 87.7 Å². The Morgan fingerprint density at radius 3 is 2.46 bits per heavy atom. The molecule has 0 aromatic heterocycles. The molecular weight excluding hydrogens is 400 g/mol. The van der Waals surface area contributed by atoms with E-state index in [9.17, 15) is 4.39 Å². The van der Waals surface area contributed by atoms with Gasteiger partial charge in [-0.1, -0.05) is 41.4 Å². The minimum absolute atomic E-state index is 0.276. The fraction of sp³-hybridized carbons (Fsp3) is 0.136. The van der Waals surface area contributed by atoms with Gasteiger partial charge in [-0.25, -0.2) is 4.39 Å². The van der Waals surface area contributed by atoms with Crippen molar-refractivity contribution in [3.63, 3.8) is 0 Å². The first-order valence-electron chi connectivity index (χ1n) is 8.69. The van der Waals surface area contributed by atoms with Crippen molar-refractivity contribution in [3.8, 4) is 11.5 Å². The Kier molecular flexibility index (Phi) is 6.90. The molecule has 0 aliphatic heterocycles. The van der Waals surface area contributed by atoms with Crippen molar-refractivity contribution in [2.24, 2.45) is 4.99 Å². The molecule has 144 valence electrons. The van der Waals surface area contributed by atoms with Gasteiger partial charge in [0.1, 0.15) is 12.4 Å². The van der Waals surface area contributed by atoms with Gasteiger partial charge in [0.15, 0.2) is 11.5 Å². The SMILES string of the molecule is CCOc1cccc(C=Nc2ccc(Cl)c(Cl)c2)c1OCc1ccc(F)cc1. The van der Waals surface area contributed by atoms with Gasteiger partial charge in [0.25, 0.3) is 0 Å². The molecule has 28 heavy (non-hydrogen) atoms. The number of ether oxygens (including phenoxy) is 2. The van der Waals surface area contributed by atoms with Crippen molar-refractivity contribution in [1.29, 1.82) is 0 Å². The molecule has 0 radical (unpaired) electrons. The van der Waals surface area contributed by atoms with Gasteiger partial charge in [0.05, 0.1) is 22.3 Å². The van der Waals surface area contributed by atoms with Crippen LogP contribution in [0.3, 0.4) is 0 Å². The van der Waals surface area contributed by atoms with Gasteiger partial charge in [0, 0.05) is 11.8 Å². The molecule has 3 rings (SSSR count). The summed E-state index contributed by atoms with van der Waals surface area (Å²) in [4.78, 5) is 4.45. The molecule has 3 aromatic carbocycles. The Bertz CT molecular complexity index is 975. The highest BCUT2D eigenvalue weighted by molar-refractivity contribution is 6.42. The smallest absolute Gasteiger partial charge is 0.170 e. The van der Waals surface area contributed by atoms with Crippen molar-refractivity contribution in [2.45, 2.75) is 13.5 Å². The molecule has 0 atom stereocenters. The first-order valence-corrected chi connectivity index (χ1v) is 9.44. The number of nitrogens with zero attached hydrogens (tertiary/aromatic N) is 1. The third-order valence-electron chi connectivity index (χ3n) is 3.86. The zero-order chi connectivity index (χ0) is 19.9. The molecule has 0 amide bonds. The number of halogens is 3. The van der Waals surface area contributed by atoms with Crippen LogP contribution in [0.15, 0.2) is 65.7 Å². The predicted molar refractivity (Wildman–Crippen MR) is 112 cm³/mol. The van der Waals surface area contributed by atoms with Gasteiger partial charge < -0.3 is 9.47 Å². The monoisotopic (exact) mass is 417 g/mol. The fourth-order valence-corrected chi connectivity index (χ4v) is 2.80. The van der Waals surface area contributed by atoms with E-state index in [4.69, 9.17) is 32.7 Å². The quantitative estimate of drug-likeness (QED) is 0.393. The summed E-state index contributed by atoms with van der Waals surface area (Å²) in [6, 6.07) is 16.9. The van der Waals surface area contributed by atoms with Gasteiger partial charge >= 0.3 is 0 Å². The maximum Gasteiger partial charge on any atom is 0.170 e. The molecule has 0 heterocycles. The minimum atomic E-state index is -0.284. The van der Waals surface area contributed by atoms with E-state index in [2.05, 4.69) is 4.99 Å². The number of rotatable bonds is 7. The van der Waals surface area contributed by atoms with Crippen LogP contribution in [0.2, 0.25) is 10.0 Å². The zero-order valence-electron chi connectivity index (χ0n) is 15.2. The number of hydrogen-bond donors (Lipinski definition) is 0. The maximum absolute atomic E-state index is 13.1. The normalized spacial score (nSPS) is 11.0. The summed E-state index contributed by atoms with van der Waals surface area (Å²) in [6.45, 7) is 2.68. The Morgan fingerprint density at radius 2 is 1.75 bits per heavy atom. The fourth-order valence-electron chi connectivity index (χ4n) is 2.50. The van der Waals surface area contributed by atoms with E-state index in [-0.39, 0.29) is 12.4 Å². The Hall–Kier alpha value is -2.56. The molecule has 0 bridgehead atoms. The second kappa shape index (κ2) is 9.58. The second-order valence-electron chi connectivity index (χ2n) is 5.88. The highest BCUT2D eigenvalue weighted by atomic mass is 35.5. The first kappa shape index (κ1) is 20.2. The average Bonchev–Trinajstić information content (AvgIpc) is 2.69.